The smallest absolute Gasteiger partial charge is 0.303 e. The van der Waals surface area contributed by atoms with Crippen LogP contribution in [-0.2, 0) is 0 Å². The van der Waals surface area contributed by atoms with E-state index in [1.54, 1.807) is 0 Å². The molecule has 0 aliphatic rings. The number of aromatic nitrogens is 2. The van der Waals surface area contributed by atoms with E-state index in [-0.39, 0.29) is 16.9 Å². The lowest BCUT2D eigenvalue weighted by Crippen LogP contribution is -2.43. The standard InChI is InChI=1S/C12H9N5O6/c18-9-5-8(13-12(21)14-9)11(20)16-15-10(19)6-1-3-7(4-2-6)17(22)23/h1-5H,(H,15,19)(H,16,20)(H2,13,14,18,21). The van der Waals surface area contributed by atoms with Crippen molar-refractivity contribution >= 4 is 17.5 Å². The number of non-ortho nitro benzene ring substituents is 1. The summed E-state index contributed by atoms with van der Waals surface area (Å²) in [5.41, 5.74) is 1.92. The van der Waals surface area contributed by atoms with E-state index in [0.717, 1.165) is 18.2 Å². The molecule has 0 aliphatic heterocycles. The molecule has 2 rings (SSSR count). The van der Waals surface area contributed by atoms with Crippen molar-refractivity contribution in [3.05, 3.63) is 72.5 Å². The molecule has 0 spiro atoms. The quantitative estimate of drug-likeness (QED) is 0.420. The Kier molecular flexibility index (Phi) is 4.31. The van der Waals surface area contributed by atoms with E-state index in [4.69, 9.17) is 0 Å². The van der Waals surface area contributed by atoms with Crippen LogP contribution < -0.4 is 22.1 Å². The summed E-state index contributed by atoms with van der Waals surface area (Å²) in [6, 6.07) is 5.51. The van der Waals surface area contributed by atoms with Gasteiger partial charge in [-0.25, -0.2) is 4.79 Å². The van der Waals surface area contributed by atoms with Gasteiger partial charge in [0, 0.05) is 23.8 Å². The number of benzene rings is 1. The van der Waals surface area contributed by atoms with Gasteiger partial charge in [-0.05, 0) is 12.1 Å². The second kappa shape index (κ2) is 6.34. The number of nitro groups is 1. The van der Waals surface area contributed by atoms with Gasteiger partial charge >= 0.3 is 5.69 Å². The number of nitrogens with zero attached hydrogens (tertiary/aromatic N) is 1. The van der Waals surface area contributed by atoms with Crippen molar-refractivity contribution in [3.63, 3.8) is 0 Å². The van der Waals surface area contributed by atoms with Crippen molar-refractivity contribution in [1.82, 2.24) is 20.8 Å². The first-order valence-electron chi connectivity index (χ1n) is 6.05. The molecule has 0 aliphatic carbocycles. The number of hydrogen-bond acceptors (Lipinski definition) is 6. The third-order valence-corrected chi connectivity index (χ3v) is 2.63. The molecule has 11 nitrogen and oxygen atoms in total. The minimum absolute atomic E-state index is 0.0651. The van der Waals surface area contributed by atoms with Crippen LogP contribution in [-0.4, -0.2) is 26.7 Å². The number of H-pyrrole nitrogens is 2. The van der Waals surface area contributed by atoms with Crippen LogP contribution >= 0.6 is 0 Å². The molecule has 118 valence electrons. The summed E-state index contributed by atoms with van der Waals surface area (Å²) in [7, 11) is 0. The first-order valence-corrected chi connectivity index (χ1v) is 6.05. The largest absolute Gasteiger partial charge is 0.326 e. The number of hydrazine groups is 1. The lowest BCUT2D eigenvalue weighted by atomic mass is 10.2. The molecule has 0 saturated carbocycles. The fraction of sp³-hybridized carbons (Fsp3) is 0. The molecule has 1 aromatic heterocycles. The summed E-state index contributed by atoms with van der Waals surface area (Å²) in [4.78, 5) is 59.4. The zero-order chi connectivity index (χ0) is 17.0. The van der Waals surface area contributed by atoms with Crippen LogP contribution in [0.25, 0.3) is 0 Å². The monoisotopic (exact) mass is 319 g/mol. The van der Waals surface area contributed by atoms with E-state index in [0.29, 0.717) is 0 Å². The van der Waals surface area contributed by atoms with Crippen molar-refractivity contribution < 1.29 is 14.5 Å². The highest BCUT2D eigenvalue weighted by Crippen LogP contribution is 2.11. The first kappa shape index (κ1) is 15.6. The highest BCUT2D eigenvalue weighted by atomic mass is 16.6. The number of carbonyl (C=O) groups is 2. The maximum absolute atomic E-state index is 11.8. The van der Waals surface area contributed by atoms with Crippen LogP contribution in [0.5, 0.6) is 0 Å². The summed E-state index contributed by atoms with van der Waals surface area (Å²) in [6.45, 7) is 0. The molecule has 2 aromatic rings. The third-order valence-electron chi connectivity index (χ3n) is 2.63. The number of nitrogens with one attached hydrogen (secondary N) is 4. The van der Waals surface area contributed by atoms with Gasteiger partial charge in [-0.15, -0.1) is 0 Å². The molecule has 11 heteroatoms. The Morgan fingerprint density at radius 1 is 1.00 bits per heavy atom. The van der Waals surface area contributed by atoms with Crippen molar-refractivity contribution in [2.45, 2.75) is 0 Å². The second-order valence-electron chi connectivity index (χ2n) is 4.21. The Morgan fingerprint density at radius 2 is 1.61 bits per heavy atom. The summed E-state index contributed by atoms with van der Waals surface area (Å²) < 4.78 is 0. The number of rotatable bonds is 3. The molecular weight excluding hydrogens is 310 g/mol. The topological polar surface area (TPSA) is 167 Å². The van der Waals surface area contributed by atoms with E-state index in [9.17, 15) is 29.3 Å². The molecule has 0 unspecified atom stereocenters. The van der Waals surface area contributed by atoms with Gasteiger partial charge in [0.1, 0.15) is 5.69 Å². The minimum atomic E-state index is -0.913. The van der Waals surface area contributed by atoms with E-state index in [1.807, 2.05) is 15.8 Å². The molecule has 0 atom stereocenters. The van der Waals surface area contributed by atoms with Crippen LogP contribution in [0, 0.1) is 10.1 Å². The van der Waals surface area contributed by atoms with E-state index in [2.05, 4.69) is 4.98 Å². The molecular formula is C12H9N5O6. The zero-order valence-electron chi connectivity index (χ0n) is 11.3. The SMILES string of the molecule is O=C(NNC(=O)c1cc(=O)[nH]c(=O)[nH]1)c1ccc([N+](=O)[O-])cc1. The molecule has 1 aromatic carbocycles. The van der Waals surface area contributed by atoms with Crippen molar-refractivity contribution in [2.24, 2.45) is 0 Å². The Hall–Kier alpha value is -3.76. The Balaban J connectivity index is 2.03. The van der Waals surface area contributed by atoms with Gasteiger partial charge in [-0.3, -0.25) is 40.3 Å². The van der Waals surface area contributed by atoms with Gasteiger partial charge < -0.3 is 4.98 Å². The van der Waals surface area contributed by atoms with Crippen LogP contribution in [0.15, 0.2) is 39.9 Å². The fourth-order valence-electron chi connectivity index (χ4n) is 1.58. The third kappa shape index (κ3) is 3.87. The highest BCUT2D eigenvalue weighted by Gasteiger charge is 2.12. The van der Waals surface area contributed by atoms with Crippen molar-refractivity contribution in [1.29, 1.82) is 0 Å². The lowest BCUT2D eigenvalue weighted by Gasteiger charge is -2.06. The summed E-state index contributed by atoms with van der Waals surface area (Å²) in [5, 5.41) is 10.5. The highest BCUT2D eigenvalue weighted by molar-refractivity contribution is 5.98. The molecule has 0 bridgehead atoms. The Bertz CT molecular complexity index is 854. The Morgan fingerprint density at radius 3 is 2.17 bits per heavy atom. The molecule has 23 heavy (non-hydrogen) atoms. The van der Waals surface area contributed by atoms with Crippen LogP contribution in [0.4, 0.5) is 5.69 Å². The van der Waals surface area contributed by atoms with Gasteiger partial charge in [0.25, 0.3) is 23.1 Å². The summed E-state index contributed by atoms with van der Waals surface area (Å²) in [5.74, 6) is -1.65. The summed E-state index contributed by atoms with van der Waals surface area (Å²) >= 11 is 0. The predicted molar refractivity (Wildman–Crippen MR) is 75.7 cm³/mol. The number of aromatic amines is 2. The second-order valence-corrected chi connectivity index (χ2v) is 4.21. The maximum atomic E-state index is 11.8. The lowest BCUT2D eigenvalue weighted by molar-refractivity contribution is -0.384. The minimum Gasteiger partial charge on any atom is -0.303 e. The molecule has 0 radical (unpaired) electrons. The maximum Gasteiger partial charge on any atom is 0.326 e. The first-order chi connectivity index (χ1) is 10.9. The molecule has 0 fully saturated rings. The van der Waals surface area contributed by atoms with E-state index >= 15 is 0 Å². The zero-order valence-corrected chi connectivity index (χ0v) is 11.3. The molecule has 4 N–H and O–H groups in total. The number of nitro benzene ring substituents is 1. The van der Waals surface area contributed by atoms with Crippen molar-refractivity contribution in [3.8, 4) is 0 Å². The van der Waals surface area contributed by atoms with Crippen LogP contribution in [0.2, 0.25) is 0 Å². The average Bonchev–Trinajstić information content (AvgIpc) is 2.51. The van der Waals surface area contributed by atoms with Crippen LogP contribution in [0.3, 0.4) is 0 Å². The van der Waals surface area contributed by atoms with Gasteiger partial charge in [0.05, 0.1) is 4.92 Å². The van der Waals surface area contributed by atoms with Crippen molar-refractivity contribution in [2.75, 3.05) is 0 Å². The van der Waals surface area contributed by atoms with Gasteiger partial charge in [0.15, 0.2) is 0 Å². The number of amides is 2. The van der Waals surface area contributed by atoms with Crippen LogP contribution in [0.1, 0.15) is 20.8 Å². The number of carbonyl (C=O) groups excluding carboxylic acids is 2. The fourth-order valence-corrected chi connectivity index (χ4v) is 1.58. The Labute approximate surface area is 126 Å². The van der Waals surface area contributed by atoms with Gasteiger partial charge in [-0.1, -0.05) is 0 Å². The van der Waals surface area contributed by atoms with E-state index in [1.165, 1.54) is 12.1 Å². The summed E-state index contributed by atoms with van der Waals surface area (Å²) in [6.07, 6.45) is 0. The molecule has 1 heterocycles. The predicted octanol–water partition coefficient (Wildman–Crippen LogP) is -0.954. The normalized spacial score (nSPS) is 9.91. The molecule has 0 saturated heterocycles. The van der Waals surface area contributed by atoms with E-state index < -0.39 is 28.0 Å². The average molecular weight is 319 g/mol. The number of hydrogen-bond donors (Lipinski definition) is 4. The molecule has 2 amide bonds. The van der Waals surface area contributed by atoms with Gasteiger partial charge in [0.2, 0.25) is 0 Å². The van der Waals surface area contributed by atoms with Gasteiger partial charge in [-0.2, -0.15) is 0 Å².